The summed E-state index contributed by atoms with van der Waals surface area (Å²) in [6.07, 6.45) is 8.66. The Kier molecular flexibility index (Phi) is 10.7. The molecule has 0 spiro atoms. The van der Waals surface area contributed by atoms with E-state index in [-0.39, 0.29) is 36.4 Å². The Morgan fingerprint density at radius 2 is 1.82 bits per heavy atom. The Morgan fingerprint density at radius 1 is 1.05 bits per heavy atom. The molecule has 0 radical (unpaired) electrons. The van der Waals surface area contributed by atoms with Crippen LogP contribution in [0.2, 0.25) is 0 Å². The van der Waals surface area contributed by atoms with Gasteiger partial charge in [0.2, 0.25) is 5.91 Å². The lowest BCUT2D eigenvalue weighted by Crippen LogP contribution is -2.43. The van der Waals surface area contributed by atoms with Crippen LogP contribution in [0.5, 0.6) is 0 Å². The van der Waals surface area contributed by atoms with Gasteiger partial charge in [0.05, 0.1) is 6.04 Å². The van der Waals surface area contributed by atoms with Crippen molar-refractivity contribution in [3.8, 4) is 0 Å². The first kappa shape index (κ1) is 29.3. The van der Waals surface area contributed by atoms with Gasteiger partial charge in [0.15, 0.2) is 0 Å². The average molecular weight is 547 g/mol. The van der Waals surface area contributed by atoms with Crippen molar-refractivity contribution in [2.75, 3.05) is 26.2 Å². The van der Waals surface area contributed by atoms with Crippen LogP contribution in [0.3, 0.4) is 0 Å². The molecule has 2 aromatic rings. The van der Waals surface area contributed by atoms with Gasteiger partial charge in [-0.3, -0.25) is 14.6 Å². The Morgan fingerprint density at radius 3 is 2.52 bits per heavy atom. The second-order valence-electron chi connectivity index (χ2n) is 11.1. The second kappa shape index (κ2) is 14.6. The average Bonchev–Trinajstić information content (AvgIpc) is 2.99. The van der Waals surface area contributed by atoms with E-state index in [0.29, 0.717) is 38.4 Å². The highest BCUT2D eigenvalue weighted by molar-refractivity contribution is 5.77. The summed E-state index contributed by atoms with van der Waals surface area (Å²) in [5.74, 6) is 0.874. The molecule has 8 nitrogen and oxygen atoms in total. The molecule has 1 aromatic heterocycles. The molecule has 2 aliphatic heterocycles. The second-order valence-corrected chi connectivity index (χ2v) is 11.1. The summed E-state index contributed by atoms with van der Waals surface area (Å²) >= 11 is 0. The summed E-state index contributed by atoms with van der Waals surface area (Å²) in [6, 6.07) is 13.4. The van der Waals surface area contributed by atoms with Gasteiger partial charge in [0, 0.05) is 63.0 Å². The molecule has 1 aromatic carbocycles. The molecule has 2 aliphatic rings. The lowest BCUT2D eigenvalue weighted by atomic mass is 9.91. The molecule has 4 rings (SSSR count). The zero-order valence-electron chi connectivity index (χ0n) is 23.6. The summed E-state index contributed by atoms with van der Waals surface area (Å²) in [6.45, 7) is 8.93. The van der Waals surface area contributed by atoms with Crippen molar-refractivity contribution in [3.63, 3.8) is 0 Å². The number of pyridine rings is 1. The number of nitrogens with zero attached hydrogens (tertiary/aromatic N) is 3. The molecule has 2 fully saturated rings. The molecule has 3 heterocycles. The van der Waals surface area contributed by atoms with Crippen molar-refractivity contribution in [1.29, 1.82) is 0 Å². The number of benzene rings is 1. The highest BCUT2D eigenvalue weighted by atomic mass is 16.6. The van der Waals surface area contributed by atoms with Crippen molar-refractivity contribution in [3.05, 3.63) is 78.3 Å². The number of aromatic nitrogens is 1. The molecule has 40 heavy (non-hydrogen) atoms. The maximum Gasteiger partial charge on any atom is 0.410 e. The van der Waals surface area contributed by atoms with E-state index in [1.165, 1.54) is 0 Å². The Bertz CT molecular complexity index is 1130. The standard InChI is InChI=1S/C32H42N4O4/c1-24(37)20-30(28-10-6-16-33-21-28)34-25(2)29-11-7-17-36(22-29)31(38)13-12-26-14-18-35(19-15-26)32(39)40-23-27-8-4-3-5-9-27/h3-6,8-10,16,21,26,29-30,34H,2,7,11-15,17-20,22-23H2,1H3/t29-,30-/m1/s1. The highest BCUT2D eigenvalue weighted by Crippen LogP contribution is 2.27. The number of piperidine rings is 2. The first-order valence-electron chi connectivity index (χ1n) is 14.5. The van der Waals surface area contributed by atoms with Crippen molar-refractivity contribution in [2.24, 2.45) is 11.8 Å². The van der Waals surface area contributed by atoms with Crippen LogP contribution >= 0.6 is 0 Å². The monoisotopic (exact) mass is 546 g/mol. The van der Waals surface area contributed by atoms with Crippen LogP contribution in [0.4, 0.5) is 4.79 Å². The van der Waals surface area contributed by atoms with Crippen molar-refractivity contribution in [2.45, 2.75) is 64.5 Å². The Hall–Kier alpha value is -3.68. The lowest BCUT2D eigenvalue weighted by Gasteiger charge is -2.36. The van der Waals surface area contributed by atoms with Crippen LogP contribution in [0.1, 0.15) is 69.0 Å². The number of rotatable bonds is 11. The number of nitrogens with one attached hydrogen (secondary N) is 1. The van der Waals surface area contributed by atoms with E-state index < -0.39 is 0 Å². The molecule has 1 N–H and O–H groups in total. The van der Waals surface area contributed by atoms with Gasteiger partial charge in [0.1, 0.15) is 12.4 Å². The SMILES string of the molecule is C=C(N[C@H](CC(C)=O)c1cccnc1)[C@@H]1CCCN(C(=O)CCC2CCN(C(=O)OCc3ccccc3)CC2)C1. The van der Waals surface area contributed by atoms with E-state index in [9.17, 15) is 14.4 Å². The molecule has 0 unspecified atom stereocenters. The predicted octanol–water partition coefficient (Wildman–Crippen LogP) is 5.27. The van der Waals surface area contributed by atoms with E-state index >= 15 is 0 Å². The first-order chi connectivity index (χ1) is 19.4. The van der Waals surface area contributed by atoms with Crippen molar-refractivity contribution in [1.82, 2.24) is 20.1 Å². The van der Waals surface area contributed by atoms with E-state index in [0.717, 1.165) is 55.5 Å². The van der Waals surface area contributed by atoms with E-state index in [1.54, 1.807) is 24.2 Å². The Balaban J connectivity index is 1.19. The lowest BCUT2D eigenvalue weighted by molar-refractivity contribution is -0.133. The molecule has 214 valence electrons. The number of carbonyl (C=O) groups excluding carboxylic acids is 3. The number of carbonyl (C=O) groups is 3. The van der Waals surface area contributed by atoms with Gasteiger partial charge in [-0.1, -0.05) is 43.0 Å². The number of ketones is 1. The van der Waals surface area contributed by atoms with Crippen LogP contribution in [-0.2, 0) is 20.9 Å². The van der Waals surface area contributed by atoms with Gasteiger partial charge >= 0.3 is 6.09 Å². The Labute approximate surface area is 237 Å². The van der Waals surface area contributed by atoms with Crippen molar-refractivity contribution >= 4 is 17.8 Å². The fourth-order valence-electron chi connectivity index (χ4n) is 5.65. The fourth-order valence-corrected chi connectivity index (χ4v) is 5.65. The molecule has 0 saturated carbocycles. The molecule has 0 aliphatic carbocycles. The predicted molar refractivity (Wildman–Crippen MR) is 154 cm³/mol. The number of amides is 2. The topological polar surface area (TPSA) is 91.8 Å². The highest BCUT2D eigenvalue weighted by Gasteiger charge is 2.29. The summed E-state index contributed by atoms with van der Waals surface area (Å²) in [5, 5.41) is 3.47. The summed E-state index contributed by atoms with van der Waals surface area (Å²) < 4.78 is 5.47. The van der Waals surface area contributed by atoms with Crippen LogP contribution < -0.4 is 5.32 Å². The minimum atomic E-state index is -0.263. The quantitative estimate of drug-likeness (QED) is 0.413. The third kappa shape index (κ3) is 8.66. The van der Waals surface area contributed by atoms with Crippen LogP contribution in [0.15, 0.2) is 67.1 Å². The maximum absolute atomic E-state index is 13.1. The summed E-state index contributed by atoms with van der Waals surface area (Å²) in [4.78, 5) is 45.4. The third-order valence-corrected chi connectivity index (χ3v) is 8.05. The largest absolute Gasteiger partial charge is 0.445 e. The zero-order chi connectivity index (χ0) is 28.3. The van der Waals surface area contributed by atoms with Crippen LogP contribution in [-0.4, -0.2) is 58.7 Å². The smallest absolute Gasteiger partial charge is 0.410 e. The molecular weight excluding hydrogens is 504 g/mol. The number of ether oxygens (including phenoxy) is 1. The fraction of sp³-hybridized carbons (Fsp3) is 0.500. The van der Waals surface area contributed by atoms with Crippen LogP contribution in [0, 0.1) is 11.8 Å². The molecule has 8 heteroatoms. The van der Waals surface area contributed by atoms with Gasteiger partial charge in [0.25, 0.3) is 0 Å². The number of hydrogen-bond acceptors (Lipinski definition) is 6. The molecule has 2 saturated heterocycles. The first-order valence-corrected chi connectivity index (χ1v) is 14.5. The maximum atomic E-state index is 13.1. The normalized spacial score (nSPS) is 18.6. The van der Waals surface area contributed by atoms with E-state index in [2.05, 4.69) is 16.9 Å². The zero-order valence-corrected chi connectivity index (χ0v) is 23.6. The van der Waals surface area contributed by atoms with Gasteiger partial charge < -0.3 is 19.9 Å². The third-order valence-electron chi connectivity index (χ3n) is 8.05. The molecular formula is C32H42N4O4. The van der Waals surface area contributed by atoms with Gasteiger partial charge in [-0.15, -0.1) is 0 Å². The molecule has 2 atom stereocenters. The minimum Gasteiger partial charge on any atom is -0.445 e. The van der Waals surface area contributed by atoms with Gasteiger partial charge in [-0.05, 0) is 62.1 Å². The number of hydrogen-bond donors (Lipinski definition) is 1. The minimum absolute atomic E-state index is 0.101. The number of Topliss-reactive ketones (excluding diaryl/α,β-unsaturated/α-hetero) is 1. The molecule has 0 bridgehead atoms. The van der Waals surface area contributed by atoms with Crippen molar-refractivity contribution < 1.29 is 19.1 Å². The molecule has 2 amide bonds. The van der Waals surface area contributed by atoms with Gasteiger partial charge in [-0.25, -0.2) is 4.79 Å². The van der Waals surface area contributed by atoms with Gasteiger partial charge in [-0.2, -0.15) is 0 Å². The van der Waals surface area contributed by atoms with Crippen LogP contribution in [0.25, 0.3) is 0 Å². The van der Waals surface area contributed by atoms with E-state index in [1.807, 2.05) is 47.4 Å². The number of likely N-dealkylation sites (tertiary alicyclic amines) is 2. The summed E-state index contributed by atoms with van der Waals surface area (Å²) in [7, 11) is 0. The summed E-state index contributed by atoms with van der Waals surface area (Å²) in [5.41, 5.74) is 2.81. The van der Waals surface area contributed by atoms with E-state index in [4.69, 9.17) is 4.74 Å².